The van der Waals surface area contributed by atoms with Gasteiger partial charge >= 0.3 is 0 Å². The lowest BCUT2D eigenvalue weighted by Crippen LogP contribution is -2.42. The average molecular weight is 242 g/mol. The molecule has 3 heteroatoms. The van der Waals surface area contributed by atoms with Gasteiger partial charge in [-0.25, -0.2) is 0 Å². The van der Waals surface area contributed by atoms with E-state index in [1.54, 1.807) is 0 Å². The van der Waals surface area contributed by atoms with Gasteiger partial charge in [-0.15, -0.1) is 0 Å². The van der Waals surface area contributed by atoms with Gasteiger partial charge in [-0.05, 0) is 45.2 Å². The lowest BCUT2D eigenvalue weighted by molar-refractivity contribution is 0.0531. The highest BCUT2D eigenvalue weighted by Crippen LogP contribution is 2.13. The predicted octanol–water partition coefficient (Wildman–Crippen LogP) is 1.98. The van der Waals surface area contributed by atoms with Crippen molar-refractivity contribution in [2.75, 3.05) is 40.4 Å². The Labute approximate surface area is 107 Å². The molecule has 0 saturated carbocycles. The Balaban J connectivity index is 2.26. The third-order valence-corrected chi connectivity index (χ3v) is 3.29. The summed E-state index contributed by atoms with van der Waals surface area (Å²) in [6.07, 6.45) is 3.81. The van der Waals surface area contributed by atoms with Gasteiger partial charge in [0.15, 0.2) is 0 Å². The quantitative estimate of drug-likeness (QED) is 0.739. The summed E-state index contributed by atoms with van der Waals surface area (Å²) in [6, 6.07) is 0.618. The molecule has 0 radical (unpaired) electrons. The Hall–Kier alpha value is -0.120. The normalized spacial score (nSPS) is 23.3. The molecule has 1 rings (SSSR count). The van der Waals surface area contributed by atoms with E-state index in [0.717, 1.165) is 38.1 Å². The molecule has 2 atom stereocenters. The largest absolute Gasteiger partial charge is 0.381 e. The molecule has 0 aromatic heterocycles. The topological polar surface area (TPSA) is 24.5 Å². The van der Waals surface area contributed by atoms with Crippen LogP contribution in [0, 0.1) is 11.8 Å². The Morgan fingerprint density at radius 2 is 2.12 bits per heavy atom. The van der Waals surface area contributed by atoms with E-state index in [2.05, 4.69) is 38.2 Å². The smallest absolute Gasteiger partial charge is 0.0506 e. The molecule has 0 bridgehead atoms. The fraction of sp³-hybridized carbons (Fsp3) is 1.00. The van der Waals surface area contributed by atoms with Crippen molar-refractivity contribution in [3.05, 3.63) is 0 Å². The maximum absolute atomic E-state index is 5.53. The molecular weight excluding hydrogens is 212 g/mol. The van der Waals surface area contributed by atoms with Crippen molar-refractivity contribution in [2.24, 2.45) is 11.8 Å². The summed E-state index contributed by atoms with van der Waals surface area (Å²) in [4.78, 5) is 2.28. The highest BCUT2D eigenvalue weighted by Gasteiger charge is 2.17. The lowest BCUT2D eigenvalue weighted by Gasteiger charge is -2.28. The second-order valence-corrected chi connectivity index (χ2v) is 6.08. The first-order valence-electron chi connectivity index (χ1n) is 7.03. The number of nitrogens with zero attached hydrogens (tertiary/aromatic N) is 1. The van der Waals surface area contributed by atoms with Gasteiger partial charge in [-0.2, -0.15) is 0 Å². The zero-order valence-corrected chi connectivity index (χ0v) is 12.0. The van der Waals surface area contributed by atoms with Crippen LogP contribution in [-0.2, 0) is 4.74 Å². The predicted molar refractivity (Wildman–Crippen MR) is 73.3 cm³/mol. The van der Waals surface area contributed by atoms with Crippen LogP contribution in [0.1, 0.15) is 33.1 Å². The molecule has 2 unspecified atom stereocenters. The maximum Gasteiger partial charge on any atom is 0.0506 e. The molecule has 1 heterocycles. The van der Waals surface area contributed by atoms with Crippen LogP contribution in [0.3, 0.4) is 0 Å². The molecule has 0 amide bonds. The molecule has 0 aromatic carbocycles. The molecule has 1 aliphatic rings. The van der Waals surface area contributed by atoms with E-state index in [9.17, 15) is 0 Å². The van der Waals surface area contributed by atoms with E-state index in [1.807, 2.05) is 0 Å². The van der Waals surface area contributed by atoms with E-state index in [4.69, 9.17) is 4.74 Å². The van der Waals surface area contributed by atoms with Gasteiger partial charge in [0, 0.05) is 25.7 Å². The zero-order valence-electron chi connectivity index (χ0n) is 12.0. The summed E-state index contributed by atoms with van der Waals surface area (Å²) < 4.78 is 5.53. The van der Waals surface area contributed by atoms with Crippen molar-refractivity contribution >= 4 is 0 Å². The van der Waals surface area contributed by atoms with Gasteiger partial charge < -0.3 is 15.0 Å². The molecule has 0 spiro atoms. The summed E-state index contributed by atoms with van der Waals surface area (Å²) in [7, 11) is 4.30. The Morgan fingerprint density at radius 1 is 1.35 bits per heavy atom. The van der Waals surface area contributed by atoms with Gasteiger partial charge in [0.25, 0.3) is 0 Å². The van der Waals surface area contributed by atoms with Crippen molar-refractivity contribution < 1.29 is 4.74 Å². The van der Waals surface area contributed by atoms with Crippen molar-refractivity contribution in [2.45, 2.75) is 39.2 Å². The minimum Gasteiger partial charge on any atom is -0.381 e. The average Bonchev–Trinajstić information content (AvgIpc) is 2.26. The van der Waals surface area contributed by atoms with Gasteiger partial charge in [-0.1, -0.05) is 13.8 Å². The highest BCUT2D eigenvalue weighted by molar-refractivity contribution is 4.74. The zero-order chi connectivity index (χ0) is 12.7. The van der Waals surface area contributed by atoms with Crippen LogP contribution in [0.2, 0.25) is 0 Å². The number of rotatable bonds is 7. The summed E-state index contributed by atoms with van der Waals surface area (Å²) in [5.74, 6) is 1.48. The van der Waals surface area contributed by atoms with Crippen LogP contribution >= 0.6 is 0 Å². The van der Waals surface area contributed by atoms with Crippen molar-refractivity contribution in [3.63, 3.8) is 0 Å². The molecule has 1 fully saturated rings. The molecule has 3 nitrogen and oxygen atoms in total. The van der Waals surface area contributed by atoms with Crippen LogP contribution in [0.5, 0.6) is 0 Å². The molecule has 17 heavy (non-hydrogen) atoms. The Morgan fingerprint density at radius 3 is 2.65 bits per heavy atom. The number of nitrogens with one attached hydrogen (secondary N) is 1. The molecule has 1 saturated heterocycles. The minimum absolute atomic E-state index is 0.618. The molecule has 0 aliphatic carbocycles. The molecule has 1 aliphatic heterocycles. The maximum atomic E-state index is 5.53. The first-order valence-corrected chi connectivity index (χ1v) is 7.03. The first kappa shape index (κ1) is 14.9. The van der Waals surface area contributed by atoms with Gasteiger partial charge in [0.1, 0.15) is 0 Å². The third kappa shape index (κ3) is 7.02. The second kappa shape index (κ2) is 8.06. The van der Waals surface area contributed by atoms with E-state index in [0.29, 0.717) is 6.04 Å². The van der Waals surface area contributed by atoms with E-state index in [-0.39, 0.29) is 0 Å². The van der Waals surface area contributed by atoms with Crippen molar-refractivity contribution in [1.29, 1.82) is 0 Å². The van der Waals surface area contributed by atoms with Crippen LogP contribution in [0.4, 0.5) is 0 Å². The monoisotopic (exact) mass is 242 g/mol. The number of ether oxygens (including phenoxy) is 1. The SMILES string of the molecule is CC(C)CC(CN(C)C)NCC1CCCOC1. The fourth-order valence-electron chi connectivity index (χ4n) is 2.53. The van der Waals surface area contributed by atoms with Gasteiger partial charge in [0.2, 0.25) is 0 Å². The Kier molecular flexibility index (Phi) is 7.09. The lowest BCUT2D eigenvalue weighted by atomic mass is 9.99. The van der Waals surface area contributed by atoms with Crippen molar-refractivity contribution in [3.8, 4) is 0 Å². The van der Waals surface area contributed by atoms with Crippen molar-refractivity contribution in [1.82, 2.24) is 10.2 Å². The summed E-state index contributed by atoms with van der Waals surface area (Å²) >= 11 is 0. The van der Waals surface area contributed by atoms with Crippen LogP contribution in [-0.4, -0.2) is 51.3 Å². The van der Waals surface area contributed by atoms with E-state index >= 15 is 0 Å². The number of hydrogen-bond acceptors (Lipinski definition) is 3. The van der Waals surface area contributed by atoms with Gasteiger partial charge in [-0.3, -0.25) is 0 Å². The van der Waals surface area contributed by atoms with Gasteiger partial charge in [0.05, 0.1) is 6.61 Å². The van der Waals surface area contributed by atoms with E-state index < -0.39 is 0 Å². The highest BCUT2D eigenvalue weighted by atomic mass is 16.5. The summed E-state index contributed by atoms with van der Waals surface area (Å²) in [6.45, 7) is 8.76. The van der Waals surface area contributed by atoms with E-state index in [1.165, 1.54) is 19.3 Å². The summed E-state index contributed by atoms with van der Waals surface area (Å²) in [5.41, 5.74) is 0. The van der Waals surface area contributed by atoms with Crippen LogP contribution < -0.4 is 5.32 Å². The Bertz CT molecular complexity index is 179. The second-order valence-electron chi connectivity index (χ2n) is 6.08. The number of hydrogen-bond donors (Lipinski definition) is 1. The molecule has 102 valence electrons. The van der Waals surface area contributed by atoms with Crippen LogP contribution in [0.25, 0.3) is 0 Å². The molecule has 0 aromatic rings. The third-order valence-electron chi connectivity index (χ3n) is 3.29. The number of likely N-dealkylation sites (N-methyl/N-ethyl adjacent to an activating group) is 1. The molecule has 1 N–H and O–H groups in total. The first-order chi connectivity index (χ1) is 8.08. The fourth-order valence-corrected chi connectivity index (χ4v) is 2.53. The summed E-state index contributed by atoms with van der Waals surface area (Å²) in [5, 5.41) is 3.73. The minimum atomic E-state index is 0.618. The molecular formula is C14H30N2O. The van der Waals surface area contributed by atoms with Crippen LogP contribution in [0.15, 0.2) is 0 Å². The standard InChI is InChI=1S/C14H30N2O/c1-12(2)8-14(10-16(3)4)15-9-13-6-5-7-17-11-13/h12-15H,5-11H2,1-4H3.